The molecule has 44 heavy (non-hydrogen) atoms. The summed E-state index contributed by atoms with van der Waals surface area (Å²) in [7, 11) is 0. The first-order valence-corrected chi connectivity index (χ1v) is 14.6. The molecule has 5 N–H and O–H groups in total. The van der Waals surface area contributed by atoms with E-state index in [1.807, 2.05) is 0 Å². The van der Waals surface area contributed by atoms with Gasteiger partial charge in [-0.15, -0.1) is 11.8 Å². The van der Waals surface area contributed by atoms with E-state index in [0.29, 0.717) is 6.07 Å². The highest BCUT2D eigenvalue weighted by atomic mass is 32.2. The number of carboxylic acid groups (broad SMARTS) is 2. The maximum Gasteiger partial charge on any atom is 0.416 e. The number of alkyl halides is 3. The molecule has 0 bridgehead atoms. The zero-order valence-electron chi connectivity index (χ0n) is 22.0. The maximum atomic E-state index is 13.1. The summed E-state index contributed by atoms with van der Waals surface area (Å²) in [5.41, 5.74) is -2.03. The van der Waals surface area contributed by atoms with Crippen molar-refractivity contribution in [3.05, 3.63) is 69.3 Å². The van der Waals surface area contributed by atoms with Crippen molar-refractivity contribution in [2.45, 2.75) is 46.8 Å². The van der Waals surface area contributed by atoms with E-state index in [1.54, 1.807) is 0 Å². The Kier molecular flexibility index (Phi) is 8.45. The van der Waals surface area contributed by atoms with Crippen LogP contribution in [0, 0.1) is 0 Å². The van der Waals surface area contributed by atoms with Crippen LogP contribution in [-0.4, -0.2) is 86.2 Å². The highest BCUT2D eigenvalue weighted by molar-refractivity contribution is 8.01. The Morgan fingerprint density at radius 2 is 1.93 bits per heavy atom. The number of hydrogen-bond acceptors (Lipinski definition) is 10. The fourth-order valence-corrected chi connectivity index (χ4v) is 7.38. The minimum absolute atomic E-state index is 0.00379. The van der Waals surface area contributed by atoms with Crippen molar-refractivity contribution >= 4 is 52.9 Å². The average Bonchev–Trinajstić information content (AvgIpc) is 3.35. The van der Waals surface area contributed by atoms with E-state index in [0.717, 1.165) is 51.1 Å². The molecule has 1 aromatic carbocycles. The van der Waals surface area contributed by atoms with Gasteiger partial charge in [0, 0.05) is 17.4 Å². The van der Waals surface area contributed by atoms with Crippen molar-refractivity contribution < 1.29 is 47.7 Å². The summed E-state index contributed by atoms with van der Waals surface area (Å²) in [5, 5.41) is 40.8. The number of nitrogens with zero attached hydrogens (tertiary/aromatic N) is 4. The van der Waals surface area contributed by atoms with E-state index >= 15 is 0 Å². The Hall–Kier alpha value is -4.36. The van der Waals surface area contributed by atoms with Crippen LogP contribution in [0.1, 0.15) is 30.1 Å². The fraction of sp³-hybridized carbons (Fsp3) is 0.320. The topological polar surface area (TPSA) is 207 Å². The number of hydrogen-bond donors (Lipinski definition) is 5. The molecule has 1 fully saturated rings. The van der Waals surface area contributed by atoms with Gasteiger partial charge < -0.3 is 20.6 Å². The second kappa shape index (κ2) is 12.0. The summed E-state index contributed by atoms with van der Waals surface area (Å²) >= 11 is 2.07. The smallest absolute Gasteiger partial charge is 0.416 e. The molecule has 0 aliphatic carbocycles. The number of nitrogens with one attached hydrogen (secondary N) is 2. The van der Waals surface area contributed by atoms with Crippen LogP contribution >= 0.6 is 23.5 Å². The lowest BCUT2D eigenvalue weighted by Crippen LogP contribution is -2.71. The number of carbonyl (C=O) groups is 4. The van der Waals surface area contributed by atoms with Crippen LogP contribution in [0.15, 0.2) is 57.5 Å². The molecular weight excluding hydrogens is 633 g/mol. The summed E-state index contributed by atoms with van der Waals surface area (Å²) in [6.07, 6.45) is -7.16. The third kappa shape index (κ3) is 6.02. The molecular formula is C25H21F3N6O8S2. The second-order valence-electron chi connectivity index (χ2n) is 9.61. The van der Waals surface area contributed by atoms with Gasteiger partial charge in [0.15, 0.2) is 11.8 Å². The Morgan fingerprint density at radius 3 is 2.61 bits per heavy atom. The Balaban J connectivity index is 1.38. The third-order valence-corrected chi connectivity index (χ3v) is 9.36. The number of aliphatic hydroxyl groups excluding tert-OH is 1. The van der Waals surface area contributed by atoms with Gasteiger partial charge in [-0.2, -0.15) is 27.9 Å². The quantitative estimate of drug-likeness (QED) is 0.155. The number of thioether (sulfide) groups is 2. The lowest BCUT2D eigenvalue weighted by atomic mass is 9.99. The molecule has 19 heteroatoms. The first-order chi connectivity index (χ1) is 20.8. The zero-order chi connectivity index (χ0) is 31.9. The second-order valence-corrected chi connectivity index (χ2v) is 11.9. The Morgan fingerprint density at radius 1 is 1.18 bits per heavy atom. The highest BCUT2D eigenvalue weighted by Crippen LogP contribution is 2.45. The number of H-pyrrole nitrogens is 1. The van der Waals surface area contributed by atoms with Gasteiger partial charge >= 0.3 is 23.8 Å². The monoisotopic (exact) mass is 654 g/mol. The highest BCUT2D eigenvalue weighted by Gasteiger charge is 2.55. The maximum absolute atomic E-state index is 13.1. The number of benzene rings is 1. The van der Waals surface area contributed by atoms with Gasteiger partial charge in [0.25, 0.3) is 11.8 Å². The van der Waals surface area contributed by atoms with Crippen LogP contribution in [0.4, 0.5) is 13.2 Å². The molecule has 2 unspecified atom stereocenters. The SMILES string of the molecule is O=C(O)CCC(Sc1ccc2n[nH]c(=O)n2n1)C1=C(C(=O)O)N2C(=O)C(NC(=O)[C@H](O)c3cccc(C(F)(F)F)c3)[C@H]2SC1. The van der Waals surface area contributed by atoms with Gasteiger partial charge in [-0.05, 0) is 41.8 Å². The summed E-state index contributed by atoms with van der Waals surface area (Å²) in [5.74, 6) is -4.62. The number of carbonyl (C=O) groups excluding carboxylic acids is 2. The van der Waals surface area contributed by atoms with Crippen molar-refractivity contribution in [3.63, 3.8) is 0 Å². The van der Waals surface area contributed by atoms with Gasteiger partial charge in [-0.25, -0.2) is 14.7 Å². The van der Waals surface area contributed by atoms with Crippen LogP contribution in [-0.2, 0) is 25.4 Å². The van der Waals surface area contributed by atoms with Gasteiger partial charge in [0.05, 0.1) is 5.56 Å². The van der Waals surface area contributed by atoms with Crippen molar-refractivity contribution in [2.75, 3.05) is 5.75 Å². The Bertz CT molecular complexity index is 1760. The number of aromatic amines is 1. The predicted molar refractivity (Wildman–Crippen MR) is 146 cm³/mol. The van der Waals surface area contributed by atoms with Crippen LogP contribution in [0.5, 0.6) is 0 Å². The predicted octanol–water partition coefficient (Wildman–Crippen LogP) is 1.23. The van der Waals surface area contributed by atoms with Crippen LogP contribution in [0.25, 0.3) is 5.65 Å². The first-order valence-electron chi connectivity index (χ1n) is 12.7. The summed E-state index contributed by atoms with van der Waals surface area (Å²) < 4.78 is 40.2. The molecule has 14 nitrogen and oxygen atoms in total. The number of rotatable bonds is 10. The van der Waals surface area contributed by atoms with Gasteiger partial charge in [-0.3, -0.25) is 19.3 Å². The molecule has 5 rings (SSSR count). The number of aliphatic carboxylic acids is 2. The molecule has 4 heterocycles. The molecule has 0 radical (unpaired) electrons. The van der Waals surface area contributed by atoms with E-state index in [1.165, 1.54) is 12.1 Å². The van der Waals surface area contributed by atoms with Crippen molar-refractivity contribution in [3.8, 4) is 0 Å². The van der Waals surface area contributed by atoms with E-state index in [2.05, 4.69) is 20.6 Å². The van der Waals surface area contributed by atoms with Gasteiger partial charge in [0.1, 0.15) is 22.1 Å². The molecule has 2 amide bonds. The standard InChI is InChI=1S/C25H21F3N6O8S2/c26-25(27,28)11-3-1-2-10(8-11)19(37)20(38)29-17-21(39)33-18(23(40)41)12(9-43-22(17)33)13(4-7-16(35)36)44-15-6-5-14-30-31-24(42)34(14)32-15/h1-3,5-6,8,13,17,19,22,37H,4,7,9H2,(H,29,38)(H,31,42)(H,35,36)(H,40,41)/t13?,17?,19-,22-/m1/s1. The van der Waals surface area contributed by atoms with Crippen LogP contribution in [0.3, 0.4) is 0 Å². The third-order valence-electron chi connectivity index (χ3n) is 6.80. The van der Waals surface area contributed by atoms with E-state index in [-0.39, 0.29) is 40.4 Å². The van der Waals surface area contributed by atoms with E-state index in [9.17, 15) is 52.5 Å². The Labute approximate surface area is 252 Å². The molecule has 4 atom stereocenters. The summed E-state index contributed by atoms with van der Waals surface area (Å²) in [4.78, 5) is 62.6. The van der Waals surface area contributed by atoms with E-state index in [4.69, 9.17) is 0 Å². The van der Waals surface area contributed by atoms with Crippen molar-refractivity contribution in [1.82, 2.24) is 30.0 Å². The number of halogens is 3. The summed E-state index contributed by atoms with van der Waals surface area (Å²) in [6.45, 7) is 0. The van der Waals surface area contributed by atoms with Gasteiger partial charge in [-0.1, -0.05) is 23.9 Å². The molecule has 1 saturated heterocycles. The number of aliphatic hydroxyl groups is 1. The largest absolute Gasteiger partial charge is 0.481 e. The average molecular weight is 655 g/mol. The number of carboxylic acids is 2. The molecule has 0 spiro atoms. The van der Waals surface area contributed by atoms with Crippen LogP contribution < -0.4 is 11.0 Å². The number of β-lactam (4-membered cyclic amide) rings is 1. The normalized spacial score (nSPS) is 19.7. The van der Waals surface area contributed by atoms with Crippen molar-refractivity contribution in [2.24, 2.45) is 0 Å². The van der Waals surface area contributed by atoms with Crippen molar-refractivity contribution in [1.29, 1.82) is 0 Å². The lowest BCUT2D eigenvalue weighted by molar-refractivity contribution is -0.151. The minimum Gasteiger partial charge on any atom is -0.481 e. The minimum atomic E-state index is -4.72. The lowest BCUT2D eigenvalue weighted by Gasteiger charge is -2.50. The number of aromatic nitrogens is 4. The zero-order valence-corrected chi connectivity index (χ0v) is 23.6. The number of amides is 2. The molecule has 2 aliphatic heterocycles. The molecule has 2 aliphatic rings. The van der Waals surface area contributed by atoms with Gasteiger partial charge in [0.2, 0.25) is 0 Å². The van der Waals surface area contributed by atoms with Crippen LogP contribution in [0.2, 0.25) is 0 Å². The molecule has 2 aromatic heterocycles. The molecule has 3 aromatic rings. The van der Waals surface area contributed by atoms with E-state index < -0.39 is 69.6 Å². The fourth-order valence-electron chi connectivity index (χ4n) is 4.71. The molecule has 232 valence electrons. The molecule has 0 saturated carbocycles. The number of fused-ring (bicyclic) bond motifs is 2. The first kappa shape index (κ1) is 31.1. The summed E-state index contributed by atoms with van der Waals surface area (Å²) in [6, 6.07) is 5.23.